The van der Waals surface area contributed by atoms with Crippen LogP contribution in [0.25, 0.3) is 0 Å². The van der Waals surface area contributed by atoms with Gasteiger partial charge in [0.25, 0.3) is 0 Å². The van der Waals surface area contributed by atoms with Crippen molar-refractivity contribution < 1.29 is 0 Å². The van der Waals surface area contributed by atoms with E-state index in [4.69, 9.17) is 17.0 Å². The van der Waals surface area contributed by atoms with Crippen LogP contribution in [0.4, 0.5) is 0 Å². The molecule has 0 atom stereocenters. The number of rotatable bonds is 1. The lowest BCUT2D eigenvalue weighted by molar-refractivity contribution is 1.32. The van der Waals surface area contributed by atoms with Crippen molar-refractivity contribution in [3.8, 4) is 0 Å². The van der Waals surface area contributed by atoms with E-state index in [9.17, 15) is 0 Å². The summed E-state index contributed by atoms with van der Waals surface area (Å²) in [7, 11) is 0. The maximum absolute atomic E-state index is 6.83. The molecule has 0 saturated carbocycles. The molecule has 0 aromatic carbocycles. The topological polar surface area (TPSA) is 36.7 Å². The maximum Gasteiger partial charge on any atom is 0.129 e. The Hall–Kier alpha value is -0.890. The minimum absolute atomic E-state index is 0.427. The first-order valence-corrected chi connectivity index (χ1v) is 2.83. The van der Waals surface area contributed by atoms with Gasteiger partial charge in [0, 0.05) is 12.4 Å². The first-order valence-electron chi connectivity index (χ1n) is 2.45. The Morgan fingerprint density at radius 3 is 2.89 bits per heavy atom. The molecule has 2 nitrogen and oxygen atoms in total. The molecular weight excluding hydrogens is 136 g/mol. The minimum Gasteiger partial charge on any atom is -0.308 e. The van der Waals surface area contributed by atoms with Gasteiger partial charge in [-0.25, -0.2) is 4.98 Å². The van der Waals surface area contributed by atoms with Gasteiger partial charge in [-0.3, -0.25) is 0 Å². The molecular formula is C6H5ClN2. The molecule has 9 heavy (non-hydrogen) atoms. The molecule has 0 bridgehead atoms. The Bertz CT molecular complexity index is 222. The van der Waals surface area contributed by atoms with E-state index in [0.717, 1.165) is 5.56 Å². The summed E-state index contributed by atoms with van der Waals surface area (Å²) < 4.78 is 0. The summed E-state index contributed by atoms with van der Waals surface area (Å²) in [5.74, 6) is 0. The Morgan fingerprint density at radius 1 is 1.67 bits per heavy atom. The smallest absolute Gasteiger partial charge is 0.129 e. The monoisotopic (exact) mass is 140 g/mol. The highest BCUT2D eigenvalue weighted by atomic mass is 35.5. The zero-order chi connectivity index (χ0) is 6.69. The van der Waals surface area contributed by atoms with Crippen LogP contribution in [0.5, 0.6) is 0 Å². The molecule has 46 valence electrons. The fourth-order valence-electron chi connectivity index (χ4n) is 0.507. The van der Waals surface area contributed by atoms with Crippen molar-refractivity contribution in [3.05, 3.63) is 29.0 Å². The van der Waals surface area contributed by atoms with Crippen molar-refractivity contribution in [2.24, 2.45) is 0 Å². The molecule has 1 N–H and O–H groups in total. The highest BCUT2D eigenvalue weighted by Crippen LogP contribution is 2.03. The van der Waals surface area contributed by atoms with Crippen LogP contribution in [-0.4, -0.2) is 11.2 Å². The standard InChI is InChI=1S/C6H5ClN2/c7-6-3-5(4-8)1-2-9-6/h1-4,8H. The SMILES string of the molecule is N=Cc1ccnc(Cl)c1. The van der Waals surface area contributed by atoms with Gasteiger partial charge in [-0.2, -0.15) is 0 Å². The summed E-state index contributed by atoms with van der Waals surface area (Å²) >= 11 is 5.51. The van der Waals surface area contributed by atoms with Gasteiger partial charge >= 0.3 is 0 Å². The number of aromatic nitrogens is 1. The van der Waals surface area contributed by atoms with Crippen LogP contribution >= 0.6 is 11.6 Å². The van der Waals surface area contributed by atoms with E-state index in [1.54, 1.807) is 18.3 Å². The van der Waals surface area contributed by atoms with E-state index in [1.807, 2.05) is 0 Å². The lowest BCUT2D eigenvalue weighted by Gasteiger charge is -1.88. The van der Waals surface area contributed by atoms with Crippen molar-refractivity contribution in [3.63, 3.8) is 0 Å². The van der Waals surface area contributed by atoms with Crippen LogP contribution in [0.3, 0.4) is 0 Å². The van der Waals surface area contributed by atoms with Crippen LogP contribution in [0.1, 0.15) is 5.56 Å². The second-order valence-corrected chi connectivity index (χ2v) is 1.94. The zero-order valence-electron chi connectivity index (χ0n) is 4.63. The highest BCUT2D eigenvalue weighted by Gasteiger charge is 1.87. The molecule has 1 aromatic heterocycles. The second-order valence-electron chi connectivity index (χ2n) is 1.56. The summed E-state index contributed by atoms with van der Waals surface area (Å²) in [5.41, 5.74) is 0.773. The Morgan fingerprint density at radius 2 is 2.44 bits per heavy atom. The van der Waals surface area contributed by atoms with Gasteiger partial charge in [-0.15, -0.1) is 0 Å². The van der Waals surface area contributed by atoms with E-state index in [2.05, 4.69) is 4.98 Å². The van der Waals surface area contributed by atoms with E-state index in [1.165, 1.54) is 6.21 Å². The molecule has 1 rings (SSSR count). The van der Waals surface area contributed by atoms with Crippen molar-refractivity contribution in [1.29, 1.82) is 5.41 Å². The molecule has 0 saturated heterocycles. The average Bonchev–Trinajstić information content (AvgIpc) is 1.88. The average molecular weight is 141 g/mol. The maximum atomic E-state index is 6.83. The van der Waals surface area contributed by atoms with Crippen LogP contribution < -0.4 is 0 Å². The number of hydrogen-bond acceptors (Lipinski definition) is 2. The van der Waals surface area contributed by atoms with Crippen LogP contribution in [0.15, 0.2) is 18.3 Å². The van der Waals surface area contributed by atoms with Gasteiger partial charge in [-0.05, 0) is 17.7 Å². The third-order valence-electron chi connectivity index (χ3n) is 0.917. The normalized spacial score (nSPS) is 9.00. The molecule has 0 fully saturated rings. The van der Waals surface area contributed by atoms with Gasteiger partial charge in [0.1, 0.15) is 5.15 Å². The molecule has 0 aliphatic carbocycles. The van der Waals surface area contributed by atoms with Crippen LogP contribution in [0.2, 0.25) is 5.15 Å². The summed E-state index contributed by atoms with van der Waals surface area (Å²) in [4.78, 5) is 3.75. The molecule has 0 aliphatic rings. The first kappa shape index (κ1) is 6.23. The van der Waals surface area contributed by atoms with Gasteiger partial charge in [0.2, 0.25) is 0 Å². The van der Waals surface area contributed by atoms with E-state index in [0.29, 0.717) is 5.15 Å². The van der Waals surface area contributed by atoms with Crippen molar-refractivity contribution in [1.82, 2.24) is 4.98 Å². The third-order valence-corrected chi connectivity index (χ3v) is 1.12. The Labute approximate surface area is 58.0 Å². The van der Waals surface area contributed by atoms with E-state index in [-0.39, 0.29) is 0 Å². The summed E-state index contributed by atoms with van der Waals surface area (Å²) in [5, 5.41) is 7.26. The van der Waals surface area contributed by atoms with Crippen LogP contribution in [-0.2, 0) is 0 Å². The van der Waals surface area contributed by atoms with Crippen molar-refractivity contribution in [2.75, 3.05) is 0 Å². The molecule has 0 radical (unpaired) electrons. The largest absolute Gasteiger partial charge is 0.308 e. The van der Waals surface area contributed by atoms with Crippen molar-refractivity contribution in [2.45, 2.75) is 0 Å². The number of nitrogens with zero attached hydrogens (tertiary/aromatic N) is 1. The van der Waals surface area contributed by atoms with Gasteiger partial charge < -0.3 is 5.41 Å². The highest BCUT2D eigenvalue weighted by molar-refractivity contribution is 6.29. The number of halogens is 1. The van der Waals surface area contributed by atoms with E-state index >= 15 is 0 Å². The second kappa shape index (κ2) is 2.60. The molecule has 1 aromatic rings. The number of hydrogen-bond donors (Lipinski definition) is 1. The van der Waals surface area contributed by atoms with Gasteiger partial charge in [0.05, 0.1) is 0 Å². The number of nitrogens with one attached hydrogen (secondary N) is 1. The predicted octanol–water partition coefficient (Wildman–Crippen LogP) is 1.73. The molecule has 0 aliphatic heterocycles. The summed E-state index contributed by atoms with van der Waals surface area (Å²) in [6, 6.07) is 3.35. The molecule has 3 heteroatoms. The van der Waals surface area contributed by atoms with Crippen molar-refractivity contribution >= 4 is 17.8 Å². The molecule has 0 spiro atoms. The quantitative estimate of drug-likeness (QED) is 0.468. The summed E-state index contributed by atoms with van der Waals surface area (Å²) in [6.07, 6.45) is 2.80. The van der Waals surface area contributed by atoms with Gasteiger partial charge in [0.15, 0.2) is 0 Å². The molecule has 0 amide bonds. The third kappa shape index (κ3) is 1.50. The minimum atomic E-state index is 0.427. The number of pyridine rings is 1. The van der Waals surface area contributed by atoms with E-state index < -0.39 is 0 Å². The fourth-order valence-corrected chi connectivity index (χ4v) is 0.690. The van der Waals surface area contributed by atoms with Gasteiger partial charge in [-0.1, -0.05) is 11.6 Å². The lowest BCUT2D eigenvalue weighted by atomic mass is 10.3. The fraction of sp³-hybridized carbons (Fsp3) is 0. The lowest BCUT2D eigenvalue weighted by Crippen LogP contribution is -1.79. The first-order chi connectivity index (χ1) is 4.33. The Balaban J connectivity index is 3.07. The molecule has 0 unspecified atom stereocenters. The van der Waals surface area contributed by atoms with Crippen LogP contribution in [0, 0.1) is 5.41 Å². The molecule has 1 heterocycles. The zero-order valence-corrected chi connectivity index (χ0v) is 5.39. The summed E-state index contributed by atoms with van der Waals surface area (Å²) in [6.45, 7) is 0. The Kier molecular flexibility index (Phi) is 1.80. The predicted molar refractivity (Wildman–Crippen MR) is 37.1 cm³/mol.